The molecule has 0 aliphatic carbocycles. The van der Waals surface area contributed by atoms with Gasteiger partial charge in [0.25, 0.3) is 0 Å². The average molecular weight is 357 g/mol. The molecule has 0 aromatic heterocycles. The molecule has 0 heterocycles. The van der Waals surface area contributed by atoms with Gasteiger partial charge < -0.3 is 15.4 Å². The smallest absolute Gasteiger partial charge is 0.353 e. The van der Waals surface area contributed by atoms with Gasteiger partial charge in [0.2, 0.25) is 11.7 Å². The monoisotopic (exact) mass is 357 g/mol. The summed E-state index contributed by atoms with van der Waals surface area (Å²) in [5.41, 5.74) is 7.06. The van der Waals surface area contributed by atoms with Gasteiger partial charge in [-0.25, -0.2) is 4.79 Å². The maximum absolute atomic E-state index is 12.0. The molecular weight excluding hydrogens is 330 g/mol. The Morgan fingerprint density at radius 1 is 1.17 bits per heavy atom. The van der Waals surface area contributed by atoms with Crippen LogP contribution < -0.4 is 5.73 Å². The van der Waals surface area contributed by atoms with Crippen LogP contribution in [0.5, 0.6) is 0 Å². The lowest BCUT2D eigenvalue weighted by Gasteiger charge is -2.13. The van der Waals surface area contributed by atoms with Crippen LogP contribution in [-0.4, -0.2) is 38.8 Å². The molecule has 0 aliphatic rings. The Bertz CT molecular complexity index is 513. The number of aliphatic carboxylic acids is 1. The van der Waals surface area contributed by atoms with Crippen LogP contribution >= 0.6 is 0 Å². The van der Waals surface area contributed by atoms with Crippen molar-refractivity contribution in [2.45, 2.75) is 46.5 Å². The van der Waals surface area contributed by atoms with E-state index < -0.39 is 34.7 Å². The van der Waals surface area contributed by atoms with Crippen LogP contribution in [0.15, 0.2) is 23.3 Å². The highest BCUT2D eigenvalue weighted by Crippen LogP contribution is 2.13. The number of carboxylic acid groups (broad SMARTS) is 1. The number of carbonyl (C=O) groups excluding carboxylic acids is 2. The fraction of sp³-hybridized carbons (Fsp3) is 0.588. The number of primary amides is 1. The molecule has 0 aromatic carbocycles. The quantitative estimate of drug-likeness (QED) is 0.314. The zero-order valence-electron chi connectivity index (χ0n) is 14.5. The van der Waals surface area contributed by atoms with Gasteiger partial charge in [-0.15, -0.1) is 0 Å². The lowest BCUT2D eigenvalue weighted by Crippen LogP contribution is -2.26. The molecule has 0 bridgehead atoms. The SMILES string of the molecule is CC(=CC(N)=O)CCC=C(C)CCC(=O)C(C)C[S+]([O-])CC(=O)O. The van der Waals surface area contributed by atoms with Crippen molar-refractivity contribution in [1.29, 1.82) is 0 Å². The third kappa shape index (κ3) is 11.9. The topological polar surface area (TPSA) is 121 Å². The third-order valence-corrected chi connectivity index (χ3v) is 4.90. The number of rotatable bonds is 12. The highest BCUT2D eigenvalue weighted by Gasteiger charge is 2.21. The first-order valence-electron chi connectivity index (χ1n) is 7.83. The molecular formula is C17H27NO5S. The number of allylic oxidation sites excluding steroid dienone is 3. The Hall–Kier alpha value is -1.60. The molecule has 2 atom stereocenters. The minimum absolute atomic E-state index is 0.00806. The summed E-state index contributed by atoms with van der Waals surface area (Å²) < 4.78 is 11.5. The third-order valence-electron chi connectivity index (χ3n) is 3.46. The molecule has 0 radical (unpaired) electrons. The average Bonchev–Trinajstić information content (AvgIpc) is 2.42. The number of nitrogens with two attached hydrogens (primary N) is 1. The van der Waals surface area contributed by atoms with Crippen molar-refractivity contribution in [2.75, 3.05) is 11.5 Å². The standard InChI is InChI=1S/C17H27NO5S/c1-12(5-4-6-13(2)9-16(18)20)7-8-15(19)14(3)10-24(23)11-17(21)22/h5,9,14H,4,6-8,10-11H2,1-3H3,(H2,18,20)(H,21,22). The highest BCUT2D eigenvalue weighted by molar-refractivity contribution is 7.92. The number of hydrogen-bond donors (Lipinski definition) is 2. The summed E-state index contributed by atoms with van der Waals surface area (Å²) in [6.45, 7) is 5.46. The minimum Gasteiger partial charge on any atom is -0.616 e. The zero-order chi connectivity index (χ0) is 18.7. The Labute approximate surface area is 146 Å². The molecule has 0 fully saturated rings. The molecule has 0 saturated carbocycles. The molecule has 136 valence electrons. The van der Waals surface area contributed by atoms with E-state index in [4.69, 9.17) is 10.8 Å². The Morgan fingerprint density at radius 3 is 2.33 bits per heavy atom. The van der Waals surface area contributed by atoms with E-state index in [1.54, 1.807) is 6.92 Å². The van der Waals surface area contributed by atoms with E-state index in [-0.39, 0.29) is 11.5 Å². The summed E-state index contributed by atoms with van der Waals surface area (Å²) in [6.07, 6.45) is 5.91. The molecule has 7 heteroatoms. The number of carboxylic acids is 1. The van der Waals surface area contributed by atoms with Crippen molar-refractivity contribution in [2.24, 2.45) is 11.7 Å². The van der Waals surface area contributed by atoms with Crippen molar-refractivity contribution in [3.63, 3.8) is 0 Å². The maximum Gasteiger partial charge on any atom is 0.353 e. The van der Waals surface area contributed by atoms with E-state index in [1.165, 1.54) is 6.08 Å². The summed E-state index contributed by atoms with van der Waals surface area (Å²) in [5.74, 6) is -2.31. The van der Waals surface area contributed by atoms with Gasteiger partial charge in [-0.05, 0) is 44.3 Å². The maximum atomic E-state index is 12.0. The van der Waals surface area contributed by atoms with Gasteiger partial charge in [0.05, 0.1) is 5.92 Å². The predicted octanol–water partition coefficient (Wildman–Crippen LogP) is 1.96. The second kappa shape index (κ2) is 11.9. The Kier molecular flexibility index (Phi) is 11.1. The number of hydrogen-bond acceptors (Lipinski definition) is 4. The van der Waals surface area contributed by atoms with E-state index in [0.717, 1.165) is 24.0 Å². The highest BCUT2D eigenvalue weighted by atomic mass is 32.2. The van der Waals surface area contributed by atoms with E-state index in [2.05, 4.69) is 0 Å². The summed E-state index contributed by atoms with van der Waals surface area (Å²) in [6, 6.07) is 0. The summed E-state index contributed by atoms with van der Waals surface area (Å²) in [7, 11) is 0. The van der Waals surface area contributed by atoms with Gasteiger partial charge in [-0.1, -0.05) is 24.1 Å². The Balaban J connectivity index is 4.17. The van der Waals surface area contributed by atoms with Gasteiger partial charge in [-0.3, -0.25) is 9.59 Å². The van der Waals surface area contributed by atoms with E-state index in [9.17, 15) is 18.9 Å². The lowest BCUT2D eigenvalue weighted by atomic mass is 10.0. The largest absolute Gasteiger partial charge is 0.616 e. The van der Waals surface area contributed by atoms with E-state index >= 15 is 0 Å². The lowest BCUT2D eigenvalue weighted by molar-refractivity contribution is -0.134. The molecule has 1 amide bonds. The van der Waals surface area contributed by atoms with Crippen LogP contribution in [0.1, 0.15) is 46.5 Å². The van der Waals surface area contributed by atoms with Crippen LogP contribution in [0.25, 0.3) is 0 Å². The van der Waals surface area contributed by atoms with Crippen LogP contribution in [0.2, 0.25) is 0 Å². The van der Waals surface area contributed by atoms with Crippen molar-refractivity contribution in [3.05, 3.63) is 23.3 Å². The zero-order valence-corrected chi connectivity index (χ0v) is 15.4. The second-order valence-electron chi connectivity index (χ2n) is 5.99. The minimum atomic E-state index is -1.51. The first-order valence-corrected chi connectivity index (χ1v) is 9.32. The number of Topliss-reactive ketones (excluding diaryl/α,β-unsaturated/α-hetero) is 1. The van der Waals surface area contributed by atoms with Gasteiger partial charge >= 0.3 is 5.97 Å². The molecule has 24 heavy (non-hydrogen) atoms. The van der Waals surface area contributed by atoms with Gasteiger partial charge in [0, 0.05) is 12.5 Å². The van der Waals surface area contributed by atoms with Crippen molar-refractivity contribution in [3.8, 4) is 0 Å². The molecule has 0 spiro atoms. The van der Waals surface area contributed by atoms with Crippen molar-refractivity contribution in [1.82, 2.24) is 0 Å². The molecule has 3 N–H and O–H groups in total. The summed E-state index contributed by atoms with van der Waals surface area (Å²) in [4.78, 5) is 33.2. The van der Waals surface area contributed by atoms with Crippen LogP contribution in [-0.2, 0) is 25.6 Å². The molecule has 0 rings (SSSR count). The van der Waals surface area contributed by atoms with Gasteiger partial charge in [0.15, 0.2) is 0 Å². The van der Waals surface area contributed by atoms with Crippen LogP contribution in [0, 0.1) is 5.92 Å². The predicted molar refractivity (Wildman–Crippen MR) is 94.9 cm³/mol. The fourth-order valence-electron chi connectivity index (χ4n) is 2.10. The normalized spacial score (nSPS) is 15.0. The molecule has 0 aromatic rings. The van der Waals surface area contributed by atoms with Gasteiger partial charge in [-0.2, -0.15) is 0 Å². The summed E-state index contributed by atoms with van der Waals surface area (Å²) >= 11 is -1.51. The molecule has 0 aliphatic heterocycles. The van der Waals surface area contributed by atoms with E-state index in [1.807, 2.05) is 19.9 Å². The first-order chi connectivity index (χ1) is 11.1. The molecule has 6 nitrogen and oxygen atoms in total. The number of ketones is 1. The summed E-state index contributed by atoms with van der Waals surface area (Å²) in [5, 5.41) is 8.57. The molecule has 2 unspecified atom stereocenters. The van der Waals surface area contributed by atoms with Crippen LogP contribution in [0.4, 0.5) is 0 Å². The number of amides is 1. The van der Waals surface area contributed by atoms with E-state index in [0.29, 0.717) is 12.8 Å². The van der Waals surface area contributed by atoms with Crippen LogP contribution in [0.3, 0.4) is 0 Å². The molecule has 0 saturated heterocycles. The fourth-order valence-corrected chi connectivity index (χ4v) is 3.24. The Morgan fingerprint density at radius 2 is 1.79 bits per heavy atom. The van der Waals surface area contributed by atoms with Crippen molar-refractivity contribution < 1.29 is 24.0 Å². The second-order valence-corrected chi connectivity index (χ2v) is 7.50. The van der Waals surface area contributed by atoms with Crippen molar-refractivity contribution >= 4 is 28.8 Å². The first kappa shape index (κ1) is 22.4. The number of carbonyl (C=O) groups is 3. The van der Waals surface area contributed by atoms with Gasteiger partial charge in [0.1, 0.15) is 11.5 Å².